The molecule has 4 nitrogen and oxygen atoms in total. The second-order valence-corrected chi connectivity index (χ2v) is 8.09. The number of hydrogen-bond donors (Lipinski definition) is 2. The number of aromatic nitrogens is 2. The van der Waals surface area contributed by atoms with E-state index in [0.717, 1.165) is 45.7 Å². The number of H-pyrrole nitrogens is 1. The first-order valence-electron chi connectivity index (χ1n) is 8.12. The Bertz CT molecular complexity index is 790. The van der Waals surface area contributed by atoms with Gasteiger partial charge in [0.15, 0.2) is 11.6 Å². The van der Waals surface area contributed by atoms with Gasteiger partial charge in [-0.15, -0.1) is 0 Å². The Morgan fingerprint density at radius 1 is 1.17 bits per heavy atom. The summed E-state index contributed by atoms with van der Waals surface area (Å²) in [5.74, 6) is 1.18. The van der Waals surface area contributed by atoms with Crippen molar-refractivity contribution in [2.24, 2.45) is 5.41 Å². The summed E-state index contributed by atoms with van der Waals surface area (Å²) >= 11 is 3.31. The van der Waals surface area contributed by atoms with Gasteiger partial charge >= 0.3 is 0 Å². The summed E-state index contributed by atoms with van der Waals surface area (Å²) in [6.45, 7) is 6.28. The number of aromatic amines is 1. The number of benzene rings is 1. The molecular weight excluding hydrogens is 366 g/mol. The lowest BCUT2D eigenvalue weighted by atomic mass is 9.74. The summed E-state index contributed by atoms with van der Waals surface area (Å²) in [5.41, 5.74) is 4.28. The molecule has 0 radical (unpaired) electrons. The highest BCUT2D eigenvalue weighted by molar-refractivity contribution is 9.10. The number of aryl methyl sites for hydroxylation is 1. The van der Waals surface area contributed by atoms with Crippen LogP contribution in [0.1, 0.15) is 37.9 Å². The van der Waals surface area contributed by atoms with Gasteiger partial charge in [0.1, 0.15) is 0 Å². The van der Waals surface area contributed by atoms with E-state index in [-0.39, 0.29) is 11.2 Å². The highest BCUT2D eigenvalue weighted by Crippen LogP contribution is 2.41. The summed E-state index contributed by atoms with van der Waals surface area (Å²) in [6, 6.07) is 9.97. The van der Waals surface area contributed by atoms with E-state index in [0.29, 0.717) is 6.42 Å². The molecule has 1 aromatic heterocycles. The third-order valence-corrected chi connectivity index (χ3v) is 4.95. The molecule has 0 fully saturated rings. The highest BCUT2D eigenvalue weighted by atomic mass is 79.9. The molecule has 0 spiro atoms. The Morgan fingerprint density at radius 2 is 1.88 bits per heavy atom. The third kappa shape index (κ3) is 3.61. The van der Waals surface area contributed by atoms with Gasteiger partial charge in [-0.2, -0.15) is 5.10 Å². The lowest BCUT2D eigenvalue weighted by Gasteiger charge is -2.34. The van der Waals surface area contributed by atoms with E-state index in [1.54, 1.807) is 0 Å². The number of Topliss-reactive ketones (excluding diaryl/α,β-unsaturated/α-hetero) is 1. The quantitative estimate of drug-likeness (QED) is 0.683. The van der Waals surface area contributed by atoms with Crippen LogP contribution >= 0.6 is 15.9 Å². The van der Waals surface area contributed by atoms with Crippen molar-refractivity contribution >= 4 is 27.5 Å². The Labute approximate surface area is 150 Å². The summed E-state index contributed by atoms with van der Waals surface area (Å²) in [6.07, 6.45) is 2.31. The number of halogens is 1. The zero-order valence-corrected chi connectivity index (χ0v) is 15.8. The van der Waals surface area contributed by atoms with Crippen LogP contribution in [0.2, 0.25) is 0 Å². The first kappa shape index (κ1) is 17.0. The number of hydrogen-bond acceptors (Lipinski definition) is 3. The highest BCUT2D eigenvalue weighted by Gasteiger charge is 2.36. The number of rotatable bonds is 0. The molecule has 0 saturated carbocycles. The van der Waals surface area contributed by atoms with Gasteiger partial charge in [-0.25, -0.2) is 0 Å². The number of anilines is 1. The molecular formula is C19H22BrN3O. The minimum Gasteiger partial charge on any atom is -0.342 e. The minimum atomic E-state index is 0.0613. The van der Waals surface area contributed by atoms with Crippen molar-refractivity contribution in [2.45, 2.75) is 40.0 Å². The lowest BCUT2D eigenvalue weighted by Crippen LogP contribution is -2.31. The molecule has 24 heavy (non-hydrogen) atoms. The first-order chi connectivity index (χ1) is 11.4. The van der Waals surface area contributed by atoms with Gasteiger partial charge in [0.2, 0.25) is 0 Å². The number of fused-ring (bicyclic) bond motifs is 1. The molecule has 0 amide bonds. The van der Waals surface area contributed by atoms with Crippen molar-refractivity contribution in [3.8, 4) is 0 Å². The van der Waals surface area contributed by atoms with Crippen LogP contribution in [0.4, 0.5) is 5.82 Å². The Balaban J connectivity index is 0.000000203. The Kier molecular flexibility index (Phi) is 4.63. The fourth-order valence-corrected chi connectivity index (χ4v) is 3.49. The van der Waals surface area contributed by atoms with E-state index < -0.39 is 0 Å². The molecule has 1 aliphatic heterocycles. The second kappa shape index (κ2) is 6.55. The largest absolute Gasteiger partial charge is 0.342 e. The molecule has 4 rings (SSSR count). The summed E-state index contributed by atoms with van der Waals surface area (Å²) in [7, 11) is 0. The average molecular weight is 388 g/mol. The number of carbonyl (C=O) groups excluding carboxylic acids is 1. The molecule has 1 aromatic carbocycles. The number of carbonyl (C=O) groups is 1. The van der Waals surface area contributed by atoms with Gasteiger partial charge in [-0.3, -0.25) is 9.89 Å². The zero-order chi connectivity index (χ0) is 17.3. The Hall–Kier alpha value is -1.88. The maximum absolute atomic E-state index is 12.2. The maximum atomic E-state index is 12.2. The van der Waals surface area contributed by atoms with Crippen molar-refractivity contribution in [1.29, 1.82) is 0 Å². The van der Waals surface area contributed by atoms with Gasteiger partial charge in [-0.1, -0.05) is 48.0 Å². The topological polar surface area (TPSA) is 57.8 Å². The maximum Gasteiger partial charge on any atom is 0.161 e. The van der Waals surface area contributed by atoms with E-state index in [1.807, 2.05) is 37.3 Å². The molecule has 0 saturated heterocycles. The molecule has 2 N–H and O–H groups in total. The summed E-state index contributed by atoms with van der Waals surface area (Å²) in [5, 5.41) is 10.5. The fourth-order valence-electron chi connectivity index (χ4n) is 3.19. The van der Waals surface area contributed by atoms with Crippen LogP contribution in [0.5, 0.6) is 0 Å². The minimum absolute atomic E-state index is 0.0613. The smallest absolute Gasteiger partial charge is 0.161 e. The van der Waals surface area contributed by atoms with Crippen LogP contribution in [0, 0.1) is 12.3 Å². The predicted molar refractivity (Wildman–Crippen MR) is 99.8 cm³/mol. The van der Waals surface area contributed by atoms with Crippen LogP contribution in [-0.4, -0.2) is 16.0 Å². The van der Waals surface area contributed by atoms with E-state index in [2.05, 4.69) is 45.3 Å². The van der Waals surface area contributed by atoms with Crippen molar-refractivity contribution in [2.75, 3.05) is 5.32 Å². The van der Waals surface area contributed by atoms with E-state index in [4.69, 9.17) is 0 Å². The Morgan fingerprint density at radius 3 is 2.50 bits per heavy atom. The van der Waals surface area contributed by atoms with Crippen molar-refractivity contribution in [3.05, 3.63) is 57.3 Å². The average Bonchev–Trinajstić information content (AvgIpc) is 2.87. The molecule has 2 heterocycles. The van der Waals surface area contributed by atoms with Gasteiger partial charge in [0.25, 0.3) is 0 Å². The normalized spacial score (nSPS) is 18.1. The molecule has 2 aliphatic rings. The lowest BCUT2D eigenvalue weighted by molar-refractivity contribution is -0.118. The number of nitrogens with one attached hydrogen (secondary N) is 2. The number of ketones is 1. The van der Waals surface area contributed by atoms with Gasteiger partial charge in [0, 0.05) is 39.8 Å². The van der Waals surface area contributed by atoms with Gasteiger partial charge in [-0.05, 0) is 30.9 Å². The van der Waals surface area contributed by atoms with Crippen molar-refractivity contribution < 1.29 is 4.79 Å². The molecule has 0 unspecified atom stereocenters. The van der Waals surface area contributed by atoms with Crippen LogP contribution in [0.3, 0.4) is 0 Å². The monoisotopic (exact) mass is 387 g/mol. The first-order valence-corrected chi connectivity index (χ1v) is 8.92. The standard InChI is InChI=1S/C13H17N3O.C6H5Br/c1-7-8-4-9-10(14-12(8)16-15-7)5-13(2,3)6-11(9)17;7-6-4-2-1-3-5-6/h4-6H2,1-3H3,(H2,14,15,16);1-5H. The SMILES string of the molecule is Brc1ccccc1.Cc1[nH]nc2c1CC1=C(CC(C)(C)CC1=O)N2. The molecule has 0 atom stereocenters. The summed E-state index contributed by atoms with van der Waals surface area (Å²) in [4.78, 5) is 12.2. The van der Waals surface area contributed by atoms with Crippen molar-refractivity contribution in [3.63, 3.8) is 0 Å². The number of allylic oxidation sites excluding steroid dienone is 2. The molecule has 1 aliphatic carbocycles. The second-order valence-electron chi connectivity index (χ2n) is 7.17. The third-order valence-electron chi connectivity index (χ3n) is 4.43. The van der Waals surface area contributed by atoms with Crippen LogP contribution in [-0.2, 0) is 11.2 Å². The zero-order valence-electron chi connectivity index (χ0n) is 14.2. The van der Waals surface area contributed by atoms with Gasteiger partial charge < -0.3 is 5.32 Å². The molecule has 0 bridgehead atoms. The van der Waals surface area contributed by atoms with E-state index >= 15 is 0 Å². The van der Waals surface area contributed by atoms with E-state index in [9.17, 15) is 4.79 Å². The van der Waals surface area contributed by atoms with Crippen LogP contribution < -0.4 is 5.32 Å². The number of nitrogens with zero attached hydrogens (tertiary/aromatic N) is 1. The molecule has 2 aromatic rings. The van der Waals surface area contributed by atoms with Gasteiger partial charge in [0.05, 0.1) is 0 Å². The summed E-state index contributed by atoms with van der Waals surface area (Å²) < 4.78 is 1.13. The van der Waals surface area contributed by atoms with E-state index in [1.165, 1.54) is 0 Å². The van der Waals surface area contributed by atoms with Crippen molar-refractivity contribution in [1.82, 2.24) is 10.2 Å². The fraction of sp³-hybridized carbons (Fsp3) is 0.368. The van der Waals surface area contributed by atoms with Crippen LogP contribution in [0.15, 0.2) is 46.1 Å². The molecule has 5 heteroatoms. The molecule has 126 valence electrons. The van der Waals surface area contributed by atoms with Crippen LogP contribution in [0.25, 0.3) is 0 Å². The predicted octanol–water partition coefficient (Wildman–Crippen LogP) is 4.78.